The first-order valence-electron chi connectivity index (χ1n) is 6.23. The van der Waals surface area contributed by atoms with Crippen LogP contribution in [0.1, 0.15) is 26.7 Å². The first kappa shape index (κ1) is 16.9. The fourth-order valence-electron chi connectivity index (χ4n) is 1.39. The summed E-state index contributed by atoms with van der Waals surface area (Å²) in [5.41, 5.74) is 0. The summed E-state index contributed by atoms with van der Waals surface area (Å²) in [5, 5.41) is 2.55. The van der Waals surface area contributed by atoms with Gasteiger partial charge in [0.1, 0.15) is 5.15 Å². The van der Waals surface area contributed by atoms with Crippen molar-refractivity contribution in [2.24, 2.45) is 7.05 Å². The first-order valence-corrected chi connectivity index (χ1v) is 8.10. The molecule has 114 valence electrons. The van der Waals surface area contributed by atoms with Gasteiger partial charge >= 0.3 is 0 Å². The molecular formula is C11H19ClN4O3S. The second-order valence-corrected chi connectivity index (χ2v) is 6.52. The number of aromatic nitrogens is 2. The monoisotopic (exact) mass is 322 g/mol. The standard InChI is InChI=1S/C11H19ClN4O3S/c1-4-8(2)15-9(17)5-6-14-20(18,19)11-10(12)16(3)7-13-11/h7-8,14H,4-6H2,1-3H3,(H,15,17). The normalized spacial score (nSPS) is 13.2. The Kier molecular flexibility index (Phi) is 5.97. The van der Waals surface area contributed by atoms with Crippen molar-refractivity contribution in [1.29, 1.82) is 0 Å². The number of halogens is 1. The van der Waals surface area contributed by atoms with Crippen molar-refractivity contribution in [2.45, 2.75) is 37.8 Å². The van der Waals surface area contributed by atoms with Gasteiger partial charge in [-0.2, -0.15) is 0 Å². The van der Waals surface area contributed by atoms with Crippen molar-refractivity contribution in [1.82, 2.24) is 19.6 Å². The van der Waals surface area contributed by atoms with E-state index in [-0.39, 0.29) is 35.1 Å². The number of hydrogen-bond acceptors (Lipinski definition) is 4. The van der Waals surface area contributed by atoms with E-state index in [0.29, 0.717) is 0 Å². The lowest BCUT2D eigenvalue weighted by molar-refractivity contribution is -0.121. The van der Waals surface area contributed by atoms with Gasteiger partial charge in [-0.3, -0.25) is 4.79 Å². The average molecular weight is 323 g/mol. The van der Waals surface area contributed by atoms with Crippen LogP contribution in [0.2, 0.25) is 5.15 Å². The summed E-state index contributed by atoms with van der Waals surface area (Å²) in [4.78, 5) is 15.2. The molecule has 0 bridgehead atoms. The van der Waals surface area contributed by atoms with Gasteiger partial charge < -0.3 is 9.88 Å². The van der Waals surface area contributed by atoms with Crippen LogP contribution in [-0.2, 0) is 21.9 Å². The molecule has 0 saturated carbocycles. The Bertz CT molecular complexity index is 570. The largest absolute Gasteiger partial charge is 0.354 e. The van der Waals surface area contributed by atoms with E-state index in [1.54, 1.807) is 7.05 Å². The smallest absolute Gasteiger partial charge is 0.261 e. The van der Waals surface area contributed by atoms with E-state index in [1.165, 1.54) is 10.9 Å². The average Bonchev–Trinajstić information content (AvgIpc) is 2.70. The number of rotatable bonds is 7. The molecule has 1 amide bonds. The van der Waals surface area contributed by atoms with E-state index in [9.17, 15) is 13.2 Å². The number of aryl methyl sites for hydroxylation is 1. The number of imidazole rings is 1. The summed E-state index contributed by atoms with van der Waals surface area (Å²) >= 11 is 5.82. The van der Waals surface area contributed by atoms with Gasteiger partial charge in [0, 0.05) is 26.1 Å². The van der Waals surface area contributed by atoms with Gasteiger partial charge in [0.15, 0.2) is 0 Å². The van der Waals surface area contributed by atoms with Crippen LogP contribution in [0.15, 0.2) is 11.4 Å². The Morgan fingerprint density at radius 1 is 1.55 bits per heavy atom. The zero-order valence-corrected chi connectivity index (χ0v) is 13.3. The van der Waals surface area contributed by atoms with Crippen LogP contribution >= 0.6 is 11.6 Å². The molecule has 7 nitrogen and oxygen atoms in total. The third-order valence-corrected chi connectivity index (χ3v) is 4.70. The van der Waals surface area contributed by atoms with E-state index in [2.05, 4.69) is 15.0 Å². The Labute approximate surface area is 123 Å². The number of sulfonamides is 1. The van der Waals surface area contributed by atoms with Crippen molar-refractivity contribution in [3.05, 3.63) is 11.5 Å². The number of nitrogens with one attached hydrogen (secondary N) is 2. The Hall–Kier alpha value is -1.12. The quantitative estimate of drug-likeness (QED) is 0.771. The van der Waals surface area contributed by atoms with Crippen LogP contribution in [0.25, 0.3) is 0 Å². The molecule has 1 unspecified atom stereocenters. The predicted octanol–water partition coefficient (Wildman–Crippen LogP) is 0.657. The molecule has 0 aliphatic heterocycles. The molecule has 0 aliphatic rings. The van der Waals surface area contributed by atoms with Crippen LogP contribution in [0, 0.1) is 0 Å². The molecule has 20 heavy (non-hydrogen) atoms. The summed E-state index contributed by atoms with van der Waals surface area (Å²) in [6, 6.07) is 0.0735. The van der Waals surface area contributed by atoms with Crippen LogP contribution in [0.3, 0.4) is 0 Å². The highest BCUT2D eigenvalue weighted by Crippen LogP contribution is 2.17. The third kappa shape index (κ3) is 4.46. The van der Waals surface area contributed by atoms with Crippen molar-refractivity contribution < 1.29 is 13.2 Å². The van der Waals surface area contributed by atoms with Crippen molar-refractivity contribution in [2.75, 3.05) is 6.54 Å². The van der Waals surface area contributed by atoms with Crippen LogP contribution in [-0.4, -0.2) is 36.5 Å². The molecular weight excluding hydrogens is 304 g/mol. The van der Waals surface area contributed by atoms with Gasteiger partial charge in [-0.1, -0.05) is 18.5 Å². The molecule has 1 heterocycles. The zero-order valence-electron chi connectivity index (χ0n) is 11.7. The maximum absolute atomic E-state index is 11.9. The lowest BCUT2D eigenvalue weighted by Gasteiger charge is -2.11. The number of carbonyl (C=O) groups excluding carboxylic acids is 1. The SMILES string of the molecule is CCC(C)NC(=O)CCNS(=O)(=O)c1ncn(C)c1Cl. The minimum atomic E-state index is -3.79. The molecule has 2 N–H and O–H groups in total. The Balaban J connectivity index is 2.53. The van der Waals surface area contributed by atoms with Crippen LogP contribution < -0.4 is 10.0 Å². The Morgan fingerprint density at radius 3 is 2.70 bits per heavy atom. The maximum atomic E-state index is 11.9. The van der Waals surface area contributed by atoms with Crippen LogP contribution in [0.5, 0.6) is 0 Å². The van der Waals surface area contributed by atoms with E-state index in [4.69, 9.17) is 11.6 Å². The fraction of sp³-hybridized carbons (Fsp3) is 0.636. The molecule has 0 fully saturated rings. The number of nitrogens with zero attached hydrogens (tertiary/aromatic N) is 2. The summed E-state index contributed by atoms with van der Waals surface area (Å²) in [5.74, 6) is -0.200. The Morgan fingerprint density at radius 2 is 2.20 bits per heavy atom. The molecule has 9 heteroatoms. The first-order chi connectivity index (χ1) is 9.27. The summed E-state index contributed by atoms with van der Waals surface area (Å²) in [6.45, 7) is 3.84. The second-order valence-electron chi connectivity index (χ2n) is 4.48. The molecule has 1 atom stereocenters. The fourth-order valence-corrected chi connectivity index (χ4v) is 2.85. The third-order valence-electron chi connectivity index (χ3n) is 2.75. The van der Waals surface area contributed by atoms with E-state index in [1.807, 2.05) is 13.8 Å². The molecule has 0 aromatic carbocycles. The van der Waals surface area contributed by atoms with Gasteiger partial charge in [-0.25, -0.2) is 18.1 Å². The van der Waals surface area contributed by atoms with Gasteiger partial charge in [0.25, 0.3) is 10.0 Å². The maximum Gasteiger partial charge on any atom is 0.261 e. The highest BCUT2D eigenvalue weighted by molar-refractivity contribution is 7.89. The lowest BCUT2D eigenvalue weighted by Crippen LogP contribution is -2.35. The molecule has 1 rings (SSSR count). The van der Waals surface area contributed by atoms with E-state index < -0.39 is 10.0 Å². The number of amides is 1. The lowest BCUT2D eigenvalue weighted by atomic mass is 10.2. The van der Waals surface area contributed by atoms with Gasteiger partial charge in [-0.15, -0.1) is 0 Å². The topological polar surface area (TPSA) is 93.1 Å². The van der Waals surface area contributed by atoms with Crippen LogP contribution in [0.4, 0.5) is 0 Å². The molecule has 0 aliphatic carbocycles. The minimum Gasteiger partial charge on any atom is -0.354 e. The van der Waals surface area contributed by atoms with Gasteiger partial charge in [0.2, 0.25) is 10.9 Å². The number of hydrogen-bond donors (Lipinski definition) is 2. The molecule has 1 aromatic rings. The highest BCUT2D eigenvalue weighted by atomic mass is 35.5. The van der Waals surface area contributed by atoms with E-state index >= 15 is 0 Å². The van der Waals surface area contributed by atoms with Crippen molar-refractivity contribution in [3.8, 4) is 0 Å². The van der Waals surface area contributed by atoms with Crippen molar-refractivity contribution in [3.63, 3.8) is 0 Å². The predicted molar refractivity (Wildman–Crippen MR) is 75.9 cm³/mol. The molecule has 1 aromatic heterocycles. The molecule has 0 saturated heterocycles. The number of carbonyl (C=O) groups is 1. The second kappa shape index (κ2) is 7.05. The summed E-state index contributed by atoms with van der Waals surface area (Å²) < 4.78 is 27.5. The molecule has 0 spiro atoms. The van der Waals surface area contributed by atoms with Gasteiger partial charge in [0.05, 0.1) is 6.33 Å². The summed E-state index contributed by atoms with van der Waals surface area (Å²) in [6.07, 6.45) is 2.20. The molecule has 0 radical (unpaired) electrons. The zero-order chi connectivity index (χ0) is 15.3. The minimum absolute atomic E-state index is 0.00248. The summed E-state index contributed by atoms with van der Waals surface area (Å²) in [7, 11) is -2.20. The van der Waals surface area contributed by atoms with Crippen molar-refractivity contribution >= 4 is 27.5 Å². The van der Waals surface area contributed by atoms with E-state index in [0.717, 1.165) is 6.42 Å². The highest BCUT2D eigenvalue weighted by Gasteiger charge is 2.22. The van der Waals surface area contributed by atoms with Gasteiger partial charge in [-0.05, 0) is 13.3 Å².